The van der Waals surface area contributed by atoms with Crippen LogP contribution in [0.15, 0.2) is 22.7 Å². The van der Waals surface area contributed by atoms with Gasteiger partial charge in [-0.1, -0.05) is 28.8 Å². The molecule has 0 bridgehead atoms. The SMILES string of the molecule is CSCCCCCCNc1cc(Br)cc(C#N)c1. The third-order valence-electron chi connectivity index (χ3n) is 2.63. The highest BCUT2D eigenvalue weighted by Crippen LogP contribution is 2.19. The number of nitrogens with zero attached hydrogens (tertiary/aromatic N) is 1. The molecule has 0 spiro atoms. The molecule has 0 aliphatic heterocycles. The van der Waals surface area contributed by atoms with Gasteiger partial charge in [0, 0.05) is 16.7 Å². The number of rotatable bonds is 8. The maximum atomic E-state index is 8.88. The van der Waals surface area contributed by atoms with Crippen molar-refractivity contribution in [2.45, 2.75) is 25.7 Å². The van der Waals surface area contributed by atoms with Gasteiger partial charge in [0.15, 0.2) is 0 Å². The normalized spacial score (nSPS) is 10.1. The minimum absolute atomic E-state index is 0.687. The molecule has 1 rings (SSSR count). The van der Waals surface area contributed by atoms with Gasteiger partial charge in [0.25, 0.3) is 0 Å². The van der Waals surface area contributed by atoms with Gasteiger partial charge in [-0.2, -0.15) is 17.0 Å². The van der Waals surface area contributed by atoms with Crippen LogP contribution in [0.25, 0.3) is 0 Å². The van der Waals surface area contributed by atoms with Crippen molar-refractivity contribution in [1.29, 1.82) is 5.26 Å². The number of nitrogens with one attached hydrogen (secondary N) is 1. The van der Waals surface area contributed by atoms with Crippen molar-refractivity contribution < 1.29 is 0 Å². The fraction of sp³-hybridized carbons (Fsp3) is 0.500. The van der Waals surface area contributed by atoms with Crippen molar-refractivity contribution >= 4 is 33.4 Å². The lowest BCUT2D eigenvalue weighted by molar-refractivity contribution is 0.689. The van der Waals surface area contributed by atoms with E-state index in [9.17, 15) is 0 Å². The second-order valence-corrected chi connectivity index (χ2v) is 6.08. The fourth-order valence-electron chi connectivity index (χ4n) is 1.71. The topological polar surface area (TPSA) is 35.8 Å². The maximum absolute atomic E-state index is 8.88. The van der Waals surface area contributed by atoms with Gasteiger partial charge in [0.1, 0.15) is 0 Å². The predicted molar refractivity (Wildman–Crippen MR) is 84.2 cm³/mol. The Labute approximate surface area is 122 Å². The molecule has 18 heavy (non-hydrogen) atoms. The lowest BCUT2D eigenvalue weighted by Crippen LogP contribution is -2.01. The number of nitriles is 1. The number of thioether (sulfide) groups is 1. The summed E-state index contributed by atoms with van der Waals surface area (Å²) in [5.74, 6) is 1.27. The first-order valence-corrected chi connectivity index (χ1v) is 8.38. The molecule has 98 valence electrons. The van der Waals surface area contributed by atoms with Gasteiger partial charge < -0.3 is 5.32 Å². The zero-order valence-corrected chi connectivity index (χ0v) is 13.1. The number of unbranched alkanes of at least 4 members (excludes halogenated alkanes) is 3. The van der Waals surface area contributed by atoms with E-state index in [4.69, 9.17) is 5.26 Å². The largest absolute Gasteiger partial charge is 0.385 e. The van der Waals surface area contributed by atoms with Crippen molar-refractivity contribution in [2.24, 2.45) is 0 Å². The molecule has 1 aromatic rings. The van der Waals surface area contributed by atoms with Crippen LogP contribution in [0.1, 0.15) is 31.2 Å². The lowest BCUT2D eigenvalue weighted by Gasteiger charge is -2.07. The molecule has 2 nitrogen and oxygen atoms in total. The highest BCUT2D eigenvalue weighted by molar-refractivity contribution is 9.10. The molecule has 0 saturated carbocycles. The van der Waals surface area contributed by atoms with E-state index in [1.807, 2.05) is 30.0 Å². The van der Waals surface area contributed by atoms with E-state index in [1.54, 1.807) is 0 Å². The Bertz CT molecular complexity index is 401. The Morgan fingerprint density at radius 3 is 2.72 bits per heavy atom. The molecule has 1 aromatic carbocycles. The smallest absolute Gasteiger partial charge is 0.0992 e. The molecule has 0 unspecified atom stereocenters. The number of hydrogen-bond acceptors (Lipinski definition) is 3. The molecular formula is C14H19BrN2S. The van der Waals surface area contributed by atoms with Crippen LogP contribution in [-0.4, -0.2) is 18.6 Å². The Morgan fingerprint density at radius 1 is 1.22 bits per heavy atom. The number of benzene rings is 1. The Kier molecular flexibility index (Phi) is 7.95. The van der Waals surface area contributed by atoms with E-state index in [2.05, 4.69) is 33.6 Å². The summed E-state index contributed by atoms with van der Waals surface area (Å²) in [7, 11) is 0. The number of halogens is 1. The molecule has 0 fully saturated rings. The van der Waals surface area contributed by atoms with Crippen molar-refractivity contribution in [3.8, 4) is 6.07 Å². The zero-order valence-electron chi connectivity index (χ0n) is 10.7. The highest BCUT2D eigenvalue weighted by atomic mass is 79.9. The summed E-state index contributed by atoms with van der Waals surface area (Å²) in [6.45, 7) is 0.973. The molecule has 0 saturated heterocycles. The van der Waals surface area contributed by atoms with Gasteiger partial charge in [-0.3, -0.25) is 0 Å². The summed E-state index contributed by atoms with van der Waals surface area (Å²) in [6.07, 6.45) is 7.23. The molecule has 0 aliphatic rings. The van der Waals surface area contributed by atoms with Gasteiger partial charge in [0.2, 0.25) is 0 Å². The third-order valence-corrected chi connectivity index (χ3v) is 3.79. The van der Waals surface area contributed by atoms with Crippen LogP contribution < -0.4 is 5.32 Å². The van der Waals surface area contributed by atoms with Crippen molar-refractivity contribution in [1.82, 2.24) is 0 Å². The molecule has 4 heteroatoms. The molecule has 0 aliphatic carbocycles. The van der Waals surface area contributed by atoms with Crippen molar-refractivity contribution in [3.05, 3.63) is 28.2 Å². The summed E-state index contributed by atoms with van der Waals surface area (Å²) in [5, 5.41) is 12.2. The van der Waals surface area contributed by atoms with Crippen LogP contribution in [0.3, 0.4) is 0 Å². The second kappa shape index (κ2) is 9.29. The van der Waals surface area contributed by atoms with Crippen LogP contribution in [-0.2, 0) is 0 Å². The summed E-state index contributed by atoms with van der Waals surface area (Å²) < 4.78 is 0.948. The fourth-order valence-corrected chi connectivity index (χ4v) is 2.70. The first kappa shape index (κ1) is 15.4. The third kappa shape index (κ3) is 6.32. The van der Waals surface area contributed by atoms with E-state index in [1.165, 1.54) is 31.4 Å². The van der Waals surface area contributed by atoms with Crippen LogP contribution in [0.5, 0.6) is 0 Å². The van der Waals surface area contributed by atoms with Gasteiger partial charge in [-0.15, -0.1) is 0 Å². The molecule has 0 radical (unpaired) electrons. The quantitative estimate of drug-likeness (QED) is 0.706. The minimum Gasteiger partial charge on any atom is -0.385 e. The molecule has 0 amide bonds. The van der Waals surface area contributed by atoms with Crippen molar-refractivity contribution in [2.75, 3.05) is 23.9 Å². The summed E-state index contributed by atoms with van der Waals surface area (Å²) in [6, 6.07) is 7.88. The summed E-state index contributed by atoms with van der Waals surface area (Å²) in [4.78, 5) is 0. The maximum Gasteiger partial charge on any atom is 0.0992 e. The molecular weight excluding hydrogens is 308 g/mol. The molecule has 0 aromatic heterocycles. The predicted octanol–water partition coefficient (Wildman–Crippen LogP) is 4.66. The van der Waals surface area contributed by atoms with E-state index < -0.39 is 0 Å². The van der Waals surface area contributed by atoms with Crippen LogP contribution in [0.4, 0.5) is 5.69 Å². The zero-order chi connectivity index (χ0) is 13.2. The standard InChI is InChI=1S/C14H19BrN2S/c1-18-7-5-3-2-4-6-17-14-9-12(11-16)8-13(15)10-14/h8-10,17H,2-7H2,1H3. The molecule has 1 N–H and O–H groups in total. The van der Waals surface area contributed by atoms with E-state index in [-0.39, 0.29) is 0 Å². The van der Waals surface area contributed by atoms with E-state index in [0.29, 0.717) is 5.56 Å². The lowest BCUT2D eigenvalue weighted by atomic mass is 10.2. The average molecular weight is 327 g/mol. The number of anilines is 1. The Morgan fingerprint density at radius 2 is 2.00 bits per heavy atom. The average Bonchev–Trinajstić information content (AvgIpc) is 2.37. The van der Waals surface area contributed by atoms with E-state index >= 15 is 0 Å². The van der Waals surface area contributed by atoms with Gasteiger partial charge >= 0.3 is 0 Å². The first-order chi connectivity index (χ1) is 8.76. The van der Waals surface area contributed by atoms with Crippen LogP contribution >= 0.6 is 27.7 Å². The van der Waals surface area contributed by atoms with E-state index in [0.717, 1.165) is 16.7 Å². The highest BCUT2D eigenvalue weighted by Gasteiger charge is 1.98. The van der Waals surface area contributed by atoms with Crippen LogP contribution in [0, 0.1) is 11.3 Å². The second-order valence-electron chi connectivity index (χ2n) is 4.17. The summed E-state index contributed by atoms with van der Waals surface area (Å²) in [5.41, 5.74) is 1.71. The van der Waals surface area contributed by atoms with Gasteiger partial charge in [0.05, 0.1) is 11.6 Å². The Balaban J connectivity index is 2.23. The minimum atomic E-state index is 0.687. The first-order valence-electron chi connectivity index (χ1n) is 6.20. The van der Waals surface area contributed by atoms with Crippen LogP contribution in [0.2, 0.25) is 0 Å². The Hall–Kier alpha value is -0.660. The van der Waals surface area contributed by atoms with Gasteiger partial charge in [-0.05, 0) is 43.0 Å². The van der Waals surface area contributed by atoms with Crippen molar-refractivity contribution in [3.63, 3.8) is 0 Å². The monoisotopic (exact) mass is 326 g/mol. The van der Waals surface area contributed by atoms with Gasteiger partial charge in [-0.25, -0.2) is 0 Å². The molecule has 0 atom stereocenters. The summed E-state index contributed by atoms with van der Waals surface area (Å²) >= 11 is 5.33. The number of hydrogen-bond donors (Lipinski definition) is 1. The molecule has 0 heterocycles.